The van der Waals surface area contributed by atoms with Gasteiger partial charge in [0.1, 0.15) is 18.5 Å². The van der Waals surface area contributed by atoms with E-state index in [2.05, 4.69) is 21.2 Å². The first-order valence-corrected chi connectivity index (χ1v) is 8.32. The lowest BCUT2D eigenvalue weighted by molar-refractivity contribution is 0.177. The molecule has 0 fully saturated rings. The summed E-state index contributed by atoms with van der Waals surface area (Å²) in [6.45, 7) is 1.35. The highest BCUT2D eigenvalue weighted by atomic mass is 79.9. The van der Waals surface area contributed by atoms with Gasteiger partial charge in [-0.2, -0.15) is 0 Å². The molecule has 21 heavy (non-hydrogen) atoms. The zero-order valence-electron chi connectivity index (χ0n) is 11.5. The van der Waals surface area contributed by atoms with Crippen molar-refractivity contribution in [3.63, 3.8) is 0 Å². The molecule has 1 aromatic heterocycles. The molecule has 2 rings (SSSR count). The average Bonchev–Trinajstić information content (AvgIpc) is 2.93. The first kappa shape index (κ1) is 16.5. The minimum atomic E-state index is -0.521. The van der Waals surface area contributed by atoms with E-state index in [-0.39, 0.29) is 13.2 Å². The summed E-state index contributed by atoms with van der Waals surface area (Å²) >= 11 is 4.91. The van der Waals surface area contributed by atoms with Crippen LogP contribution in [0.1, 0.15) is 16.5 Å². The largest absolute Gasteiger partial charge is 0.491 e. The molecule has 1 atom stereocenters. The monoisotopic (exact) mass is 371 g/mol. The van der Waals surface area contributed by atoms with Crippen molar-refractivity contribution in [2.45, 2.75) is 12.6 Å². The average molecular weight is 372 g/mol. The van der Waals surface area contributed by atoms with E-state index in [0.29, 0.717) is 13.1 Å². The number of benzene rings is 1. The fraction of sp³-hybridized carbons (Fsp3) is 0.333. The molecule has 0 unspecified atom stereocenters. The summed E-state index contributed by atoms with van der Waals surface area (Å²) in [6, 6.07) is 9.60. The highest BCUT2D eigenvalue weighted by Crippen LogP contribution is 2.25. The summed E-state index contributed by atoms with van der Waals surface area (Å²) < 4.78 is 6.47. The molecule has 0 saturated carbocycles. The number of ether oxygens (including phenoxy) is 1. The van der Waals surface area contributed by atoms with Gasteiger partial charge in [0.15, 0.2) is 0 Å². The van der Waals surface area contributed by atoms with Crippen LogP contribution >= 0.6 is 27.3 Å². The number of rotatable bonds is 8. The van der Waals surface area contributed by atoms with Gasteiger partial charge in [-0.05, 0) is 28.1 Å². The van der Waals surface area contributed by atoms with Crippen LogP contribution in [-0.2, 0) is 6.54 Å². The quantitative estimate of drug-likeness (QED) is 0.667. The third-order valence-electron chi connectivity index (χ3n) is 2.89. The smallest absolute Gasteiger partial charge is 0.123 e. The minimum absolute atomic E-state index is 0.00622. The summed E-state index contributed by atoms with van der Waals surface area (Å²) in [7, 11) is 0. The molecule has 0 aliphatic heterocycles. The Morgan fingerprint density at radius 2 is 2.14 bits per heavy atom. The highest BCUT2D eigenvalue weighted by molar-refractivity contribution is 9.10. The van der Waals surface area contributed by atoms with E-state index in [1.807, 2.05) is 35.7 Å². The van der Waals surface area contributed by atoms with Crippen LogP contribution < -0.4 is 10.1 Å². The lowest BCUT2D eigenvalue weighted by Crippen LogP contribution is -2.21. The molecular formula is C15H18BrNO3S. The molecule has 2 aromatic rings. The van der Waals surface area contributed by atoms with Crippen LogP contribution in [0.5, 0.6) is 5.75 Å². The number of hydrogen-bond acceptors (Lipinski definition) is 5. The fourth-order valence-electron chi connectivity index (χ4n) is 1.89. The first-order chi connectivity index (χ1) is 10.2. The van der Waals surface area contributed by atoms with Gasteiger partial charge in [0.2, 0.25) is 0 Å². The number of aliphatic hydroxyl groups is 2. The summed E-state index contributed by atoms with van der Waals surface area (Å²) in [5.74, 6) is 0.757. The van der Waals surface area contributed by atoms with E-state index >= 15 is 0 Å². The van der Waals surface area contributed by atoms with Crippen LogP contribution in [0, 0.1) is 0 Å². The van der Waals surface area contributed by atoms with E-state index in [0.717, 1.165) is 20.7 Å². The lowest BCUT2D eigenvalue weighted by atomic mass is 10.2. The Kier molecular flexibility index (Phi) is 6.66. The van der Waals surface area contributed by atoms with Crippen molar-refractivity contribution in [3.8, 4) is 5.75 Å². The molecule has 114 valence electrons. The minimum Gasteiger partial charge on any atom is -0.491 e. The van der Waals surface area contributed by atoms with Gasteiger partial charge in [0.05, 0.1) is 6.61 Å². The third kappa shape index (κ3) is 5.09. The standard InChI is InChI=1S/C15H18BrNO3S/c16-12-7-15(21-10-12)13(19)9-17-8-11-3-1-2-4-14(11)20-6-5-18/h1-4,7,10,13,17-19H,5-6,8-9H2/t13-/m1/s1. The molecule has 0 spiro atoms. The van der Waals surface area contributed by atoms with Crippen molar-refractivity contribution in [2.24, 2.45) is 0 Å². The van der Waals surface area contributed by atoms with Gasteiger partial charge in [0, 0.05) is 33.4 Å². The van der Waals surface area contributed by atoms with E-state index in [9.17, 15) is 5.11 Å². The van der Waals surface area contributed by atoms with Crippen LogP contribution in [-0.4, -0.2) is 30.0 Å². The van der Waals surface area contributed by atoms with Crippen LogP contribution in [0.4, 0.5) is 0 Å². The first-order valence-electron chi connectivity index (χ1n) is 6.65. The number of nitrogens with one attached hydrogen (secondary N) is 1. The lowest BCUT2D eigenvalue weighted by Gasteiger charge is -2.13. The van der Waals surface area contributed by atoms with Crippen LogP contribution in [0.15, 0.2) is 40.2 Å². The van der Waals surface area contributed by atoms with E-state index in [1.54, 1.807) is 0 Å². The number of para-hydroxylation sites is 1. The molecule has 0 amide bonds. The van der Waals surface area contributed by atoms with Gasteiger partial charge in [-0.3, -0.25) is 0 Å². The van der Waals surface area contributed by atoms with Gasteiger partial charge in [0.25, 0.3) is 0 Å². The highest BCUT2D eigenvalue weighted by Gasteiger charge is 2.10. The van der Waals surface area contributed by atoms with E-state index in [4.69, 9.17) is 9.84 Å². The molecule has 1 heterocycles. The van der Waals surface area contributed by atoms with Crippen molar-refractivity contribution in [1.29, 1.82) is 0 Å². The van der Waals surface area contributed by atoms with Crippen LogP contribution in [0.2, 0.25) is 0 Å². The Labute approximate surface area is 136 Å². The number of thiophene rings is 1. The molecule has 3 N–H and O–H groups in total. The van der Waals surface area contributed by atoms with Gasteiger partial charge >= 0.3 is 0 Å². The maximum atomic E-state index is 10.1. The normalized spacial score (nSPS) is 12.3. The Morgan fingerprint density at radius 1 is 1.33 bits per heavy atom. The van der Waals surface area contributed by atoms with E-state index < -0.39 is 6.10 Å². The van der Waals surface area contributed by atoms with Gasteiger partial charge in [-0.15, -0.1) is 11.3 Å². The Bertz CT molecular complexity index is 561. The van der Waals surface area contributed by atoms with Crippen LogP contribution in [0.3, 0.4) is 0 Å². The molecule has 1 aromatic carbocycles. The molecule has 4 nitrogen and oxygen atoms in total. The zero-order chi connectivity index (χ0) is 15.1. The summed E-state index contributed by atoms with van der Waals surface area (Å²) in [6.07, 6.45) is -0.521. The van der Waals surface area contributed by atoms with Gasteiger partial charge in [-0.1, -0.05) is 18.2 Å². The predicted molar refractivity (Wildman–Crippen MR) is 87.7 cm³/mol. The van der Waals surface area contributed by atoms with Gasteiger partial charge < -0.3 is 20.3 Å². The summed E-state index contributed by atoms with van der Waals surface area (Å²) in [5, 5.41) is 24.1. The molecule has 6 heteroatoms. The number of hydrogen-bond donors (Lipinski definition) is 3. The third-order valence-corrected chi connectivity index (χ3v) is 4.69. The summed E-state index contributed by atoms with van der Waals surface area (Å²) in [4.78, 5) is 0.930. The molecule has 0 radical (unpaired) electrons. The molecule has 0 saturated heterocycles. The van der Waals surface area contributed by atoms with Crippen molar-refractivity contribution < 1.29 is 14.9 Å². The Hall–Kier alpha value is -0.920. The topological polar surface area (TPSA) is 61.7 Å². The number of halogens is 1. The second-order valence-electron chi connectivity index (χ2n) is 4.49. The molecule has 0 aliphatic carbocycles. The fourth-order valence-corrected chi connectivity index (χ4v) is 3.32. The molecule has 0 bridgehead atoms. The maximum absolute atomic E-state index is 10.1. The number of aliphatic hydroxyl groups excluding tert-OH is 2. The predicted octanol–water partition coefficient (Wildman–Crippen LogP) is 2.70. The Morgan fingerprint density at radius 3 is 2.86 bits per heavy atom. The van der Waals surface area contributed by atoms with E-state index in [1.165, 1.54) is 11.3 Å². The van der Waals surface area contributed by atoms with Crippen molar-refractivity contribution in [1.82, 2.24) is 5.32 Å². The van der Waals surface area contributed by atoms with Gasteiger partial charge in [-0.25, -0.2) is 0 Å². The molecular weight excluding hydrogens is 354 g/mol. The van der Waals surface area contributed by atoms with Crippen molar-refractivity contribution >= 4 is 27.3 Å². The summed E-state index contributed by atoms with van der Waals surface area (Å²) in [5.41, 5.74) is 1.01. The second kappa shape index (κ2) is 8.51. The maximum Gasteiger partial charge on any atom is 0.123 e. The Balaban J connectivity index is 1.85. The molecule has 0 aliphatic rings. The SMILES string of the molecule is OCCOc1ccccc1CNC[C@@H](O)c1cc(Br)cs1. The van der Waals surface area contributed by atoms with Crippen molar-refractivity contribution in [3.05, 3.63) is 50.6 Å². The zero-order valence-corrected chi connectivity index (χ0v) is 13.9. The van der Waals surface area contributed by atoms with Crippen LogP contribution in [0.25, 0.3) is 0 Å². The second-order valence-corrected chi connectivity index (χ2v) is 6.35. The van der Waals surface area contributed by atoms with Crippen molar-refractivity contribution in [2.75, 3.05) is 19.8 Å².